The van der Waals surface area contributed by atoms with Crippen molar-refractivity contribution in [1.29, 1.82) is 0 Å². The van der Waals surface area contributed by atoms with E-state index in [0.717, 1.165) is 28.0 Å². The highest BCUT2D eigenvalue weighted by Crippen LogP contribution is 2.38. The van der Waals surface area contributed by atoms with Gasteiger partial charge >= 0.3 is 0 Å². The Kier molecular flexibility index (Phi) is 3.63. The summed E-state index contributed by atoms with van der Waals surface area (Å²) in [6.07, 6.45) is 5.90. The quantitative estimate of drug-likeness (QED) is 0.782. The smallest absolute Gasteiger partial charge is 0.257 e. The minimum absolute atomic E-state index is 0.0857. The molecule has 0 aromatic carbocycles. The summed E-state index contributed by atoms with van der Waals surface area (Å²) in [5, 5.41) is 8.27. The lowest BCUT2D eigenvalue weighted by molar-refractivity contribution is 0.102. The number of hydrogen-bond donors (Lipinski definition) is 1. The van der Waals surface area contributed by atoms with Gasteiger partial charge in [-0.2, -0.15) is 5.10 Å². The van der Waals surface area contributed by atoms with Crippen LogP contribution in [-0.4, -0.2) is 25.2 Å². The van der Waals surface area contributed by atoms with E-state index in [2.05, 4.69) is 40.7 Å². The van der Waals surface area contributed by atoms with Crippen molar-refractivity contribution in [3.63, 3.8) is 0 Å². The minimum atomic E-state index is -0.0857. The second kappa shape index (κ2) is 5.72. The molecule has 4 rings (SSSR count). The molecule has 25 heavy (non-hydrogen) atoms. The molecule has 0 spiro atoms. The number of hydrogen-bond acceptors (Lipinski definition) is 3. The van der Waals surface area contributed by atoms with Gasteiger partial charge < -0.3 is 9.88 Å². The van der Waals surface area contributed by atoms with Crippen LogP contribution in [0.4, 0.5) is 5.69 Å². The van der Waals surface area contributed by atoms with Crippen LogP contribution in [0.25, 0.3) is 11.0 Å². The van der Waals surface area contributed by atoms with Crippen LogP contribution < -0.4 is 5.32 Å². The topological polar surface area (TPSA) is 64.7 Å². The molecule has 1 saturated carbocycles. The predicted octanol–water partition coefficient (Wildman–Crippen LogP) is 4.02. The number of aromatic nitrogens is 4. The fraction of sp³-hybridized carbons (Fsp3) is 0.421. The second-order valence-electron chi connectivity index (χ2n) is 7.16. The van der Waals surface area contributed by atoms with Crippen LogP contribution >= 0.6 is 0 Å². The first-order chi connectivity index (χ1) is 12.0. The lowest BCUT2D eigenvalue weighted by atomic mass is 10.2. The molecule has 6 heteroatoms. The van der Waals surface area contributed by atoms with Crippen molar-refractivity contribution in [2.45, 2.75) is 52.6 Å². The van der Waals surface area contributed by atoms with E-state index in [1.165, 1.54) is 12.8 Å². The Balaban J connectivity index is 1.61. The van der Waals surface area contributed by atoms with Crippen molar-refractivity contribution in [3.05, 3.63) is 41.5 Å². The number of carbonyl (C=O) groups is 1. The summed E-state index contributed by atoms with van der Waals surface area (Å²) in [6.45, 7) is 8.23. The van der Waals surface area contributed by atoms with E-state index < -0.39 is 0 Å². The fourth-order valence-electron chi connectivity index (χ4n) is 3.49. The maximum absolute atomic E-state index is 12.7. The Labute approximate surface area is 146 Å². The Morgan fingerprint density at radius 2 is 2.00 bits per heavy atom. The van der Waals surface area contributed by atoms with Gasteiger partial charge in [-0.1, -0.05) is 0 Å². The zero-order valence-electron chi connectivity index (χ0n) is 15.1. The van der Waals surface area contributed by atoms with Gasteiger partial charge in [-0.15, -0.1) is 0 Å². The highest BCUT2D eigenvalue weighted by atomic mass is 16.1. The van der Waals surface area contributed by atoms with Crippen molar-refractivity contribution < 1.29 is 4.79 Å². The van der Waals surface area contributed by atoms with Gasteiger partial charge in [0.15, 0.2) is 5.65 Å². The number of pyridine rings is 1. The summed E-state index contributed by atoms with van der Waals surface area (Å²) in [7, 11) is 0. The summed E-state index contributed by atoms with van der Waals surface area (Å²) in [6, 6.07) is 4.72. The number of nitrogens with zero attached hydrogens (tertiary/aromatic N) is 4. The zero-order valence-corrected chi connectivity index (χ0v) is 15.1. The Hall–Kier alpha value is -2.63. The third-order valence-electron chi connectivity index (χ3n) is 4.82. The number of carbonyl (C=O) groups excluding carboxylic acids is 1. The van der Waals surface area contributed by atoms with Crippen LogP contribution in [0.5, 0.6) is 0 Å². The largest absolute Gasteiger partial charge is 0.345 e. The lowest BCUT2D eigenvalue weighted by Crippen LogP contribution is -2.13. The molecule has 1 amide bonds. The first-order valence-electron chi connectivity index (χ1n) is 8.78. The molecule has 0 unspecified atom stereocenters. The third-order valence-corrected chi connectivity index (χ3v) is 4.82. The van der Waals surface area contributed by atoms with Gasteiger partial charge in [0.1, 0.15) is 0 Å². The van der Waals surface area contributed by atoms with Crippen molar-refractivity contribution in [3.8, 4) is 0 Å². The van der Waals surface area contributed by atoms with E-state index in [0.29, 0.717) is 11.7 Å². The van der Waals surface area contributed by atoms with E-state index in [1.54, 1.807) is 12.4 Å². The number of rotatable bonds is 4. The van der Waals surface area contributed by atoms with Gasteiger partial charge in [0.25, 0.3) is 5.91 Å². The lowest BCUT2D eigenvalue weighted by Gasteiger charge is -2.09. The van der Waals surface area contributed by atoms with Gasteiger partial charge in [-0.25, -0.2) is 9.67 Å². The van der Waals surface area contributed by atoms with Crippen LogP contribution in [0.2, 0.25) is 0 Å². The van der Waals surface area contributed by atoms with Crippen LogP contribution in [-0.2, 0) is 0 Å². The standard InChI is InChI=1S/C19H23N5O/c1-11(2)24-18-14(9-21-24)8-15(10-20-18)22-19(25)17-7-12(3)23(13(17)4)16-5-6-16/h7-11,16H,5-6H2,1-4H3,(H,22,25). The van der Waals surface area contributed by atoms with Gasteiger partial charge in [0.2, 0.25) is 0 Å². The summed E-state index contributed by atoms with van der Waals surface area (Å²) < 4.78 is 4.16. The third kappa shape index (κ3) is 2.71. The van der Waals surface area contributed by atoms with E-state index in [4.69, 9.17) is 0 Å². The molecule has 0 aliphatic heterocycles. The molecule has 3 heterocycles. The van der Waals surface area contributed by atoms with Crippen LogP contribution in [0.3, 0.4) is 0 Å². The molecule has 130 valence electrons. The molecule has 1 aliphatic rings. The summed E-state index contributed by atoms with van der Waals surface area (Å²) in [5.74, 6) is -0.0857. The summed E-state index contributed by atoms with van der Waals surface area (Å²) in [5.41, 5.74) is 4.45. The monoisotopic (exact) mass is 337 g/mol. The zero-order chi connectivity index (χ0) is 17.7. The Bertz CT molecular complexity index is 962. The molecule has 0 atom stereocenters. The molecular formula is C19H23N5O. The van der Waals surface area contributed by atoms with Gasteiger partial charge in [-0.05, 0) is 52.7 Å². The predicted molar refractivity (Wildman–Crippen MR) is 98.0 cm³/mol. The Morgan fingerprint density at radius 1 is 1.24 bits per heavy atom. The highest BCUT2D eigenvalue weighted by Gasteiger charge is 2.28. The Morgan fingerprint density at radius 3 is 2.68 bits per heavy atom. The van der Waals surface area contributed by atoms with E-state index in [-0.39, 0.29) is 11.9 Å². The SMILES string of the molecule is Cc1cc(C(=O)Nc2cnc3c(cnn3C(C)C)c2)c(C)n1C1CC1. The molecular weight excluding hydrogens is 314 g/mol. The van der Waals surface area contributed by atoms with Crippen molar-refractivity contribution in [1.82, 2.24) is 19.3 Å². The average Bonchev–Trinajstić information content (AvgIpc) is 3.22. The van der Waals surface area contributed by atoms with Crippen molar-refractivity contribution >= 4 is 22.6 Å². The molecule has 1 fully saturated rings. The number of fused-ring (bicyclic) bond motifs is 1. The normalized spacial score (nSPS) is 14.4. The van der Waals surface area contributed by atoms with Crippen molar-refractivity contribution in [2.24, 2.45) is 0 Å². The van der Waals surface area contributed by atoms with Gasteiger partial charge in [-0.3, -0.25) is 4.79 Å². The van der Waals surface area contributed by atoms with Crippen LogP contribution in [0, 0.1) is 13.8 Å². The molecule has 1 aliphatic carbocycles. The second-order valence-corrected chi connectivity index (χ2v) is 7.16. The van der Waals surface area contributed by atoms with Crippen molar-refractivity contribution in [2.75, 3.05) is 5.32 Å². The van der Waals surface area contributed by atoms with E-state index in [1.807, 2.05) is 23.7 Å². The number of amides is 1. The molecule has 0 radical (unpaired) electrons. The first kappa shape index (κ1) is 15.9. The maximum atomic E-state index is 12.7. The van der Waals surface area contributed by atoms with Gasteiger partial charge in [0.05, 0.1) is 23.6 Å². The molecule has 3 aromatic heterocycles. The molecule has 0 bridgehead atoms. The van der Waals surface area contributed by atoms with Gasteiger partial charge in [0, 0.05) is 28.9 Å². The van der Waals surface area contributed by atoms with E-state index >= 15 is 0 Å². The molecule has 6 nitrogen and oxygen atoms in total. The highest BCUT2D eigenvalue weighted by molar-refractivity contribution is 6.05. The number of nitrogens with one attached hydrogen (secondary N) is 1. The summed E-state index contributed by atoms with van der Waals surface area (Å²) in [4.78, 5) is 17.2. The minimum Gasteiger partial charge on any atom is -0.345 e. The molecule has 3 aromatic rings. The molecule has 1 N–H and O–H groups in total. The first-order valence-corrected chi connectivity index (χ1v) is 8.78. The fourth-order valence-corrected chi connectivity index (χ4v) is 3.49. The van der Waals surface area contributed by atoms with Crippen LogP contribution in [0.1, 0.15) is 60.5 Å². The van der Waals surface area contributed by atoms with E-state index in [9.17, 15) is 4.79 Å². The van der Waals surface area contributed by atoms with Crippen LogP contribution in [0.15, 0.2) is 24.5 Å². The summed E-state index contributed by atoms with van der Waals surface area (Å²) >= 11 is 0. The average molecular weight is 337 g/mol. The number of aryl methyl sites for hydroxylation is 1. The number of anilines is 1. The molecule has 0 saturated heterocycles. The maximum Gasteiger partial charge on any atom is 0.257 e.